The molecule has 0 aliphatic carbocycles. The number of hydrogen-bond acceptors (Lipinski definition) is 5. The van der Waals surface area contributed by atoms with Crippen LogP contribution in [0.1, 0.15) is 47.3 Å². The molecule has 3 aromatic rings. The molecule has 9 heteroatoms. The highest BCUT2D eigenvalue weighted by Crippen LogP contribution is 2.44. The van der Waals surface area contributed by atoms with Crippen molar-refractivity contribution in [1.29, 1.82) is 0 Å². The lowest BCUT2D eigenvalue weighted by Gasteiger charge is -2.45. The fraction of sp³-hybridized carbons (Fsp3) is 0.370. The fourth-order valence-corrected chi connectivity index (χ4v) is 5.93. The number of carbonyl (C=O) groups excluding carboxylic acids is 2. The fourth-order valence-electron chi connectivity index (χ4n) is 5.32. The first kappa shape index (κ1) is 24.7. The van der Waals surface area contributed by atoms with Crippen molar-refractivity contribution in [2.45, 2.75) is 25.8 Å². The zero-order valence-corrected chi connectivity index (χ0v) is 21.7. The van der Waals surface area contributed by atoms with Gasteiger partial charge < -0.3 is 19.1 Å². The normalized spacial score (nSPS) is 20.1. The van der Waals surface area contributed by atoms with E-state index in [1.807, 2.05) is 40.1 Å². The maximum atomic E-state index is 14.2. The van der Waals surface area contributed by atoms with Crippen LogP contribution in [0.25, 0.3) is 0 Å². The van der Waals surface area contributed by atoms with Gasteiger partial charge in [-0.2, -0.15) is 0 Å². The minimum absolute atomic E-state index is 0.00137. The van der Waals surface area contributed by atoms with Crippen molar-refractivity contribution in [3.05, 3.63) is 82.0 Å². The number of amides is 2. The van der Waals surface area contributed by atoms with Crippen LogP contribution in [0.15, 0.2) is 59.7 Å². The van der Waals surface area contributed by atoms with Gasteiger partial charge in [-0.1, -0.05) is 55.2 Å². The molecule has 188 valence electrons. The number of fused-ring (bicyclic) bond motifs is 1. The molecule has 0 saturated carbocycles. The second-order valence-electron chi connectivity index (χ2n) is 9.68. The average molecular weight is 527 g/mol. The number of benzene rings is 1. The van der Waals surface area contributed by atoms with E-state index in [2.05, 4.69) is 23.7 Å². The van der Waals surface area contributed by atoms with Crippen LogP contribution in [0.4, 0.5) is 5.69 Å². The molecule has 4 heterocycles. The Kier molecular flexibility index (Phi) is 6.95. The first-order chi connectivity index (χ1) is 17.4. The SMILES string of the molecule is CC(C)CN1C(=O)c2ccccc2[C@H](C(=O)N2CCN(c3c(Cl)cncc3Cl)CC2)[C@@H]1c1ccoc1. The van der Waals surface area contributed by atoms with Crippen LogP contribution in [0.2, 0.25) is 10.0 Å². The topological polar surface area (TPSA) is 69.9 Å². The van der Waals surface area contributed by atoms with Gasteiger partial charge in [0, 0.05) is 56.2 Å². The van der Waals surface area contributed by atoms with E-state index in [1.54, 1.807) is 24.9 Å². The molecule has 1 saturated heterocycles. The van der Waals surface area contributed by atoms with Crippen molar-refractivity contribution >= 4 is 40.7 Å². The van der Waals surface area contributed by atoms with Gasteiger partial charge in [-0.3, -0.25) is 14.6 Å². The van der Waals surface area contributed by atoms with Crippen LogP contribution < -0.4 is 4.90 Å². The third-order valence-corrected chi connectivity index (χ3v) is 7.44. The number of aromatic nitrogens is 1. The van der Waals surface area contributed by atoms with E-state index >= 15 is 0 Å². The van der Waals surface area contributed by atoms with E-state index in [0.717, 1.165) is 16.8 Å². The molecular weight excluding hydrogens is 499 g/mol. The Morgan fingerprint density at radius 1 is 1.08 bits per heavy atom. The molecule has 1 aromatic carbocycles. The van der Waals surface area contributed by atoms with Gasteiger partial charge in [-0.15, -0.1) is 0 Å². The minimum atomic E-state index is -0.532. The molecule has 36 heavy (non-hydrogen) atoms. The van der Waals surface area contributed by atoms with E-state index in [9.17, 15) is 9.59 Å². The maximum Gasteiger partial charge on any atom is 0.254 e. The summed E-state index contributed by atoms with van der Waals surface area (Å²) in [7, 11) is 0. The summed E-state index contributed by atoms with van der Waals surface area (Å²) < 4.78 is 5.40. The Bertz CT molecular complexity index is 1240. The first-order valence-corrected chi connectivity index (χ1v) is 12.9. The zero-order valence-electron chi connectivity index (χ0n) is 20.2. The largest absolute Gasteiger partial charge is 0.472 e. The maximum absolute atomic E-state index is 14.2. The third-order valence-electron chi connectivity index (χ3n) is 6.89. The molecule has 7 nitrogen and oxygen atoms in total. The molecule has 2 atom stereocenters. The van der Waals surface area contributed by atoms with Crippen LogP contribution >= 0.6 is 23.2 Å². The van der Waals surface area contributed by atoms with Gasteiger partial charge >= 0.3 is 0 Å². The lowest BCUT2D eigenvalue weighted by molar-refractivity contribution is -0.135. The van der Waals surface area contributed by atoms with Crippen LogP contribution in [0.5, 0.6) is 0 Å². The van der Waals surface area contributed by atoms with E-state index < -0.39 is 12.0 Å². The molecule has 2 amide bonds. The lowest BCUT2D eigenvalue weighted by atomic mass is 9.79. The van der Waals surface area contributed by atoms with E-state index in [-0.39, 0.29) is 17.7 Å². The molecular formula is C27H28Cl2N4O3. The monoisotopic (exact) mass is 526 g/mol. The molecule has 0 N–H and O–H groups in total. The number of carbonyl (C=O) groups is 2. The summed E-state index contributed by atoms with van der Waals surface area (Å²) in [5.41, 5.74) is 2.92. The van der Waals surface area contributed by atoms with Crippen molar-refractivity contribution in [1.82, 2.24) is 14.8 Å². The summed E-state index contributed by atoms with van der Waals surface area (Å²) in [5.74, 6) is -0.347. The Morgan fingerprint density at radius 2 is 1.78 bits per heavy atom. The highest BCUT2D eigenvalue weighted by Gasteiger charge is 2.46. The van der Waals surface area contributed by atoms with Gasteiger partial charge in [0.1, 0.15) is 0 Å². The number of anilines is 1. The zero-order chi connectivity index (χ0) is 25.4. The second kappa shape index (κ2) is 10.1. The van der Waals surface area contributed by atoms with Gasteiger partial charge in [0.05, 0.1) is 40.2 Å². The minimum Gasteiger partial charge on any atom is -0.472 e. The molecule has 2 aliphatic rings. The molecule has 1 fully saturated rings. The van der Waals surface area contributed by atoms with Gasteiger partial charge in [0.25, 0.3) is 5.91 Å². The van der Waals surface area contributed by atoms with Gasteiger partial charge in [-0.05, 0) is 23.6 Å². The summed E-state index contributed by atoms with van der Waals surface area (Å²) in [6, 6.07) is 8.88. The number of nitrogens with zero attached hydrogens (tertiary/aromatic N) is 4. The molecule has 5 rings (SSSR count). The Morgan fingerprint density at radius 3 is 2.42 bits per heavy atom. The van der Waals surface area contributed by atoms with Crippen LogP contribution in [0.3, 0.4) is 0 Å². The van der Waals surface area contributed by atoms with Crippen molar-refractivity contribution in [3.63, 3.8) is 0 Å². The smallest absolute Gasteiger partial charge is 0.254 e. The first-order valence-electron chi connectivity index (χ1n) is 12.1. The summed E-state index contributed by atoms with van der Waals surface area (Å²) >= 11 is 12.7. The van der Waals surface area contributed by atoms with E-state index in [1.165, 1.54) is 0 Å². The quantitative estimate of drug-likeness (QED) is 0.453. The number of piperazine rings is 1. The summed E-state index contributed by atoms with van der Waals surface area (Å²) in [4.78, 5) is 37.7. The number of rotatable bonds is 5. The number of hydrogen-bond donors (Lipinski definition) is 0. The van der Waals surface area contributed by atoms with Gasteiger partial charge in [-0.25, -0.2) is 0 Å². The van der Waals surface area contributed by atoms with E-state index in [4.69, 9.17) is 27.6 Å². The number of pyridine rings is 1. The average Bonchev–Trinajstić information content (AvgIpc) is 3.40. The highest BCUT2D eigenvalue weighted by molar-refractivity contribution is 6.38. The van der Waals surface area contributed by atoms with Crippen molar-refractivity contribution < 1.29 is 14.0 Å². The van der Waals surface area contributed by atoms with Crippen LogP contribution in [0, 0.1) is 5.92 Å². The Hall–Kier alpha value is -3.03. The summed E-state index contributed by atoms with van der Waals surface area (Å²) in [5, 5.41) is 0.984. The molecule has 2 aliphatic heterocycles. The lowest BCUT2D eigenvalue weighted by Crippen LogP contribution is -2.54. The predicted octanol–water partition coefficient (Wildman–Crippen LogP) is 5.27. The Labute approximate surface area is 220 Å². The van der Waals surface area contributed by atoms with Gasteiger partial charge in [0.15, 0.2) is 0 Å². The molecule has 0 bridgehead atoms. The third kappa shape index (κ3) is 4.46. The summed E-state index contributed by atoms with van der Waals surface area (Å²) in [6.45, 7) is 6.91. The highest BCUT2D eigenvalue weighted by atomic mass is 35.5. The number of furan rings is 1. The molecule has 0 unspecified atom stereocenters. The van der Waals surface area contributed by atoms with Crippen LogP contribution in [-0.4, -0.2) is 59.3 Å². The molecule has 0 radical (unpaired) electrons. The van der Waals surface area contributed by atoms with E-state index in [0.29, 0.717) is 48.3 Å². The molecule has 0 spiro atoms. The predicted molar refractivity (Wildman–Crippen MR) is 140 cm³/mol. The Balaban J connectivity index is 1.47. The molecule has 2 aromatic heterocycles. The second-order valence-corrected chi connectivity index (χ2v) is 10.5. The van der Waals surface area contributed by atoms with Crippen LogP contribution in [-0.2, 0) is 4.79 Å². The summed E-state index contributed by atoms with van der Waals surface area (Å²) in [6.07, 6.45) is 6.39. The van der Waals surface area contributed by atoms with Gasteiger partial charge in [0.2, 0.25) is 5.91 Å². The van der Waals surface area contributed by atoms with Crippen molar-refractivity contribution in [2.75, 3.05) is 37.6 Å². The number of halogens is 2. The standard InChI is InChI=1S/C27H28Cl2N4O3/c1-17(2)15-33-24(18-7-12-36-16-18)23(19-5-3-4-6-20(19)26(33)34)27(35)32-10-8-31(9-11-32)25-21(28)13-30-14-22(25)29/h3-7,12-14,16-17,23-24H,8-11,15H2,1-2H3/t23-,24-/m0/s1. The van der Waals surface area contributed by atoms with Crippen molar-refractivity contribution in [3.8, 4) is 0 Å². The van der Waals surface area contributed by atoms with Crippen molar-refractivity contribution in [2.24, 2.45) is 5.92 Å².